The van der Waals surface area contributed by atoms with Crippen LogP contribution in [0.25, 0.3) is 0 Å². The van der Waals surface area contributed by atoms with E-state index in [-0.39, 0.29) is 5.69 Å². The van der Waals surface area contributed by atoms with Gasteiger partial charge in [0.05, 0.1) is 24.0 Å². The normalized spacial score (nSPS) is 9.96. The van der Waals surface area contributed by atoms with E-state index >= 15 is 0 Å². The van der Waals surface area contributed by atoms with E-state index in [1.807, 2.05) is 6.07 Å². The highest BCUT2D eigenvalue weighted by atomic mass is 35.5. The number of nitrogens with one attached hydrogen (secondary N) is 2. The summed E-state index contributed by atoms with van der Waals surface area (Å²) in [6, 6.07) is 17.3. The second kappa shape index (κ2) is 8.21. The number of methoxy groups -OCH3 is 1. The lowest BCUT2D eigenvalue weighted by atomic mass is 10.2. The molecule has 2 N–H and O–H groups in total. The maximum Gasteiger partial charge on any atom is 0.274 e. The van der Waals surface area contributed by atoms with Crippen LogP contribution in [0.1, 0.15) is 16.1 Å². The summed E-state index contributed by atoms with van der Waals surface area (Å²) in [6.07, 6.45) is 1.52. The average molecular weight is 379 g/mol. The summed E-state index contributed by atoms with van der Waals surface area (Å²) in [4.78, 5) is 16.6. The van der Waals surface area contributed by atoms with Crippen LogP contribution in [0.4, 0.5) is 17.1 Å². The van der Waals surface area contributed by atoms with Crippen molar-refractivity contribution >= 4 is 34.6 Å². The maximum absolute atomic E-state index is 12.5. The van der Waals surface area contributed by atoms with Gasteiger partial charge in [0, 0.05) is 16.9 Å². The molecular weight excluding hydrogens is 364 g/mol. The van der Waals surface area contributed by atoms with Gasteiger partial charge >= 0.3 is 0 Å². The van der Waals surface area contributed by atoms with E-state index in [1.54, 1.807) is 61.7 Å². The molecule has 0 radical (unpaired) electrons. The Hall–Kier alpha value is -3.56. The zero-order valence-electron chi connectivity index (χ0n) is 14.4. The van der Waals surface area contributed by atoms with Gasteiger partial charge in [-0.05, 0) is 42.5 Å². The highest BCUT2D eigenvalue weighted by Crippen LogP contribution is 2.30. The minimum atomic E-state index is -0.417. The van der Waals surface area contributed by atoms with Crippen LogP contribution in [0.15, 0.2) is 60.8 Å². The smallest absolute Gasteiger partial charge is 0.274 e. The molecular formula is C20H15ClN4O2. The van der Waals surface area contributed by atoms with Crippen LogP contribution in [-0.4, -0.2) is 18.0 Å². The predicted octanol–water partition coefficient (Wildman–Crippen LogP) is 4.61. The van der Waals surface area contributed by atoms with E-state index in [2.05, 4.69) is 15.6 Å². The van der Waals surface area contributed by atoms with Crippen molar-refractivity contribution in [1.29, 1.82) is 5.26 Å². The number of halogens is 1. The Kier molecular flexibility index (Phi) is 5.55. The number of nitriles is 1. The highest BCUT2D eigenvalue weighted by Gasteiger charge is 2.12. The molecule has 1 amide bonds. The van der Waals surface area contributed by atoms with E-state index in [4.69, 9.17) is 21.6 Å². The Morgan fingerprint density at radius 3 is 2.74 bits per heavy atom. The Bertz CT molecular complexity index is 1030. The molecule has 3 rings (SSSR count). The lowest BCUT2D eigenvalue weighted by Crippen LogP contribution is -2.14. The molecule has 0 aliphatic rings. The van der Waals surface area contributed by atoms with Gasteiger partial charge in [0.15, 0.2) is 0 Å². The number of hydrogen-bond acceptors (Lipinski definition) is 5. The average Bonchev–Trinajstić information content (AvgIpc) is 2.69. The maximum atomic E-state index is 12.5. The molecule has 0 saturated heterocycles. The molecule has 0 bridgehead atoms. The van der Waals surface area contributed by atoms with Gasteiger partial charge in [-0.3, -0.25) is 9.78 Å². The van der Waals surface area contributed by atoms with Crippen molar-refractivity contribution in [3.8, 4) is 11.8 Å². The molecule has 0 spiro atoms. The number of amides is 1. The van der Waals surface area contributed by atoms with Crippen LogP contribution in [-0.2, 0) is 0 Å². The number of pyridine rings is 1. The molecule has 0 fully saturated rings. The van der Waals surface area contributed by atoms with Gasteiger partial charge in [0.2, 0.25) is 0 Å². The molecule has 0 aliphatic heterocycles. The fraction of sp³-hybridized carbons (Fsp3) is 0.0500. The molecule has 6 nitrogen and oxygen atoms in total. The number of carbonyl (C=O) groups excluding carboxylic acids is 1. The van der Waals surface area contributed by atoms with Gasteiger partial charge < -0.3 is 15.4 Å². The number of anilines is 3. The van der Waals surface area contributed by atoms with Gasteiger partial charge in [-0.2, -0.15) is 5.26 Å². The van der Waals surface area contributed by atoms with Crippen LogP contribution in [0.5, 0.6) is 5.75 Å². The first-order chi connectivity index (χ1) is 13.1. The number of aromatic nitrogens is 1. The SMILES string of the molecule is COc1ccc(Cl)cc1Nc1ccnc(C(=O)Nc2ccccc2C#N)c1. The molecule has 2 aromatic carbocycles. The largest absolute Gasteiger partial charge is 0.495 e. The van der Waals surface area contributed by atoms with Gasteiger partial charge in [0.25, 0.3) is 5.91 Å². The van der Waals surface area contributed by atoms with Gasteiger partial charge in [-0.1, -0.05) is 23.7 Å². The lowest BCUT2D eigenvalue weighted by Gasteiger charge is -2.12. The molecule has 0 aliphatic carbocycles. The van der Waals surface area contributed by atoms with Crippen LogP contribution in [0.3, 0.4) is 0 Å². The second-order valence-corrected chi connectivity index (χ2v) is 5.95. The number of benzene rings is 2. The van der Waals surface area contributed by atoms with Crippen LogP contribution in [0.2, 0.25) is 5.02 Å². The molecule has 3 aromatic rings. The number of rotatable bonds is 5. The Morgan fingerprint density at radius 1 is 1.15 bits per heavy atom. The summed E-state index contributed by atoms with van der Waals surface area (Å²) in [7, 11) is 1.56. The molecule has 1 aromatic heterocycles. The summed E-state index contributed by atoms with van der Waals surface area (Å²) < 4.78 is 5.31. The predicted molar refractivity (Wildman–Crippen MR) is 105 cm³/mol. The van der Waals surface area contributed by atoms with Crippen molar-refractivity contribution in [2.24, 2.45) is 0 Å². The topological polar surface area (TPSA) is 87.0 Å². The fourth-order valence-electron chi connectivity index (χ4n) is 2.44. The van der Waals surface area contributed by atoms with Crippen molar-refractivity contribution in [1.82, 2.24) is 4.98 Å². The molecule has 134 valence electrons. The first-order valence-electron chi connectivity index (χ1n) is 7.98. The van der Waals surface area contributed by atoms with Crippen molar-refractivity contribution < 1.29 is 9.53 Å². The van der Waals surface area contributed by atoms with Gasteiger partial charge in [0.1, 0.15) is 17.5 Å². The van der Waals surface area contributed by atoms with Crippen molar-refractivity contribution in [2.75, 3.05) is 17.7 Å². The summed E-state index contributed by atoms with van der Waals surface area (Å²) in [6.45, 7) is 0. The zero-order valence-corrected chi connectivity index (χ0v) is 15.1. The van der Waals surface area contributed by atoms with E-state index in [0.717, 1.165) is 0 Å². The van der Waals surface area contributed by atoms with Gasteiger partial charge in [-0.15, -0.1) is 0 Å². The summed E-state index contributed by atoms with van der Waals surface area (Å²) in [5, 5.41) is 15.6. The minimum Gasteiger partial charge on any atom is -0.495 e. The zero-order chi connectivity index (χ0) is 19.2. The minimum absolute atomic E-state index is 0.203. The molecule has 27 heavy (non-hydrogen) atoms. The summed E-state index contributed by atoms with van der Waals surface area (Å²) >= 11 is 6.04. The van der Waals surface area contributed by atoms with E-state index in [1.165, 1.54) is 6.20 Å². The van der Waals surface area contributed by atoms with Crippen molar-refractivity contribution in [3.05, 3.63) is 77.1 Å². The van der Waals surface area contributed by atoms with Crippen LogP contribution in [0, 0.1) is 11.3 Å². The van der Waals surface area contributed by atoms with E-state index in [9.17, 15) is 4.79 Å². The molecule has 0 unspecified atom stereocenters. The van der Waals surface area contributed by atoms with Crippen molar-refractivity contribution in [3.63, 3.8) is 0 Å². The number of hydrogen-bond donors (Lipinski definition) is 2. The van der Waals surface area contributed by atoms with E-state index < -0.39 is 5.91 Å². The second-order valence-electron chi connectivity index (χ2n) is 5.51. The Balaban J connectivity index is 1.82. The Labute approximate surface area is 161 Å². The van der Waals surface area contributed by atoms with Crippen LogP contribution >= 0.6 is 11.6 Å². The highest BCUT2D eigenvalue weighted by molar-refractivity contribution is 6.31. The fourth-order valence-corrected chi connectivity index (χ4v) is 2.61. The first kappa shape index (κ1) is 18.2. The first-order valence-corrected chi connectivity index (χ1v) is 8.35. The number of ether oxygens (including phenoxy) is 1. The van der Waals surface area contributed by atoms with Gasteiger partial charge in [-0.25, -0.2) is 0 Å². The molecule has 7 heteroatoms. The standard InChI is InChI=1S/C20H15ClN4O2/c1-27-19-7-6-14(21)10-17(19)24-15-8-9-23-18(11-15)20(26)25-16-5-3-2-4-13(16)12-22/h2-11H,1H3,(H,23,24)(H,25,26). The number of para-hydroxylation sites is 1. The number of nitrogens with zero attached hydrogens (tertiary/aromatic N) is 2. The van der Waals surface area contributed by atoms with Crippen LogP contribution < -0.4 is 15.4 Å². The van der Waals surface area contributed by atoms with Crippen molar-refractivity contribution in [2.45, 2.75) is 0 Å². The summed E-state index contributed by atoms with van der Waals surface area (Å²) in [5.41, 5.74) is 2.32. The molecule has 1 heterocycles. The lowest BCUT2D eigenvalue weighted by molar-refractivity contribution is 0.102. The third-order valence-corrected chi connectivity index (χ3v) is 3.96. The summed E-state index contributed by atoms with van der Waals surface area (Å²) in [5.74, 6) is 0.199. The third-order valence-electron chi connectivity index (χ3n) is 3.73. The third kappa shape index (κ3) is 4.35. The quantitative estimate of drug-likeness (QED) is 0.676. The Morgan fingerprint density at radius 2 is 1.96 bits per heavy atom. The van der Waals surface area contributed by atoms with E-state index in [0.29, 0.717) is 33.4 Å². The number of carbonyl (C=O) groups is 1. The monoisotopic (exact) mass is 378 g/mol. The molecule has 0 atom stereocenters. The molecule has 0 saturated carbocycles.